The molecule has 1 saturated heterocycles. The van der Waals surface area contributed by atoms with Gasteiger partial charge in [0.2, 0.25) is 0 Å². The van der Waals surface area contributed by atoms with E-state index in [1.165, 1.54) is 0 Å². The Hall–Kier alpha value is -2.03. The molecule has 1 fully saturated rings. The molecule has 0 saturated carbocycles. The number of rotatable bonds is 2. The summed E-state index contributed by atoms with van der Waals surface area (Å²) in [5.74, 6) is -0.390. The van der Waals surface area contributed by atoms with Crippen molar-refractivity contribution in [3.05, 3.63) is 11.3 Å². The topological polar surface area (TPSA) is 82.2 Å². The zero-order valence-corrected chi connectivity index (χ0v) is 10.6. The van der Waals surface area contributed by atoms with Crippen LogP contribution in [0.4, 0.5) is 5.82 Å². The summed E-state index contributed by atoms with van der Waals surface area (Å²) in [4.78, 5) is 13.0. The molecule has 2 heterocycles. The number of nitrogens with zero attached hydrogens (tertiary/aromatic N) is 4. The molecule has 2 rings (SSSR count). The van der Waals surface area contributed by atoms with Gasteiger partial charge in [0.1, 0.15) is 17.5 Å². The third-order valence-electron chi connectivity index (χ3n) is 3.37. The molecule has 1 aliphatic rings. The lowest BCUT2D eigenvalue weighted by atomic mass is 9.98. The molecule has 1 aromatic heterocycles. The van der Waals surface area contributed by atoms with Crippen molar-refractivity contribution in [3.63, 3.8) is 0 Å². The number of carboxylic acid groups (broad SMARTS) is 1. The van der Waals surface area contributed by atoms with Gasteiger partial charge in [-0.15, -0.1) is 0 Å². The molecule has 0 aliphatic carbocycles. The molecular formula is C12H16N4O2. The first-order valence-electron chi connectivity index (χ1n) is 5.96. The highest BCUT2D eigenvalue weighted by atomic mass is 16.4. The number of hydrogen-bond acceptors (Lipinski definition) is 4. The second-order valence-electron chi connectivity index (χ2n) is 4.64. The largest absolute Gasteiger partial charge is 0.481 e. The molecule has 96 valence electrons. The monoisotopic (exact) mass is 248 g/mol. The summed E-state index contributed by atoms with van der Waals surface area (Å²) < 4.78 is 1.66. The lowest BCUT2D eigenvalue weighted by molar-refractivity contribution is -0.141. The van der Waals surface area contributed by atoms with Gasteiger partial charge in [0.15, 0.2) is 0 Å². The Morgan fingerprint density at radius 2 is 2.33 bits per heavy atom. The van der Waals surface area contributed by atoms with Gasteiger partial charge in [-0.05, 0) is 19.8 Å². The van der Waals surface area contributed by atoms with E-state index >= 15 is 0 Å². The second-order valence-corrected chi connectivity index (χ2v) is 4.64. The van der Waals surface area contributed by atoms with Crippen LogP contribution in [0.15, 0.2) is 0 Å². The number of anilines is 1. The molecule has 0 amide bonds. The average Bonchev–Trinajstić information content (AvgIpc) is 2.63. The van der Waals surface area contributed by atoms with Crippen LogP contribution in [0, 0.1) is 24.2 Å². The fraction of sp³-hybridized carbons (Fsp3) is 0.583. The van der Waals surface area contributed by atoms with Crippen molar-refractivity contribution in [1.29, 1.82) is 5.26 Å². The minimum Gasteiger partial charge on any atom is -0.481 e. The number of aromatic nitrogens is 2. The SMILES string of the molecule is Cc1nn(C)c(N2CCCC(C(=O)O)C2)c1C#N. The van der Waals surface area contributed by atoms with Gasteiger partial charge >= 0.3 is 5.97 Å². The van der Waals surface area contributed by atoms with Gasteiger partial charge in [0, 0.05) is 20.1 Å². The van der Waals surface area contributed by atoms with Crippen LogP contribution in [0.2, 0.25) is 0 Å². The molecule has 0 radical (unpaired) electrons. The Labute approximate surface area is 105 Å². The Bertz CT molecular complexity index is 515. The van der Waals surface area contributed by atoms with Gasteiger partial charge in [-0.25, -0.2) is 0 Å². The number of nitriles is 1. The molecule has 6 nitrogen and oxygen atoms in total. The van der Waals surface area contributed by atoms with Crippen molar-refractivity contribution in [1.82, 2.24) is 9.78 Å². The van der Waals surface area contributed by atoms with Crippen molar-refractivity contribution in [2.24, 2.45) is 13.0 Å². The maximum absolute atomic E-state index is 11.1. The number of carbonyl (C=O) groups is 1. The van der Waals surface area contributed by atoms with E-state index in [9.17, 15) is 10.1 Å². The quantitative estimate of drug-likeness (QED) is 0.840. The molecule has 1 N–H and O–H groups in total. The summed E-state index contributed by atoms with van der Waals surface area (Å²) in [5, 5.41) is 22.5. The Balaban J connectivity index is 2.32. The van der Waals surface area contributed by atoms with E-state index in [1.807, 2.05) is 4.90 Å². The summed E-state index contributed by atoms with van der Waals surface area (Å²) in [6, 6.07) is 2.15. The number of hydrogen-bond donors (Lipinski definition) is 1. The molecule has 0 aromatic carbocycles. The van der Waals surface area contributed by atoms with Crippen molar-refractivity contribution in [2.75, 3.05) is 18.0 Å². The summed E-state index contributed by atoms with van der Waals surface area (Å²) in [6.45, 7) is 3.01. The fourth-order valence-electron chi connectivity index (χ4n) is 2.51. The van der Waals surface area contributed by atoms with Crippen molar-refractivity contribution >= 4 is 11.8 Å². The van der Waals surface area contributed by atoms with Gasteiger partial charge in [0.05, 0.1) is 11.6 Å². The predicted octanol–water partition coefficient (Wildman–Crippen LogP) is 0.901. The van der Waals surface area contributed by atoms with Crippen LogP contribution in [0.1, 0.15) is 24.1 Å². The van der Waals surface area contributed by atoms with E-state index in [1.54, 1.807) is 18.7 Å². The molecule has 18 heavy (non-hydrogen) atoms. The van der Waals surface area contributed by atoms with Crippen molar-refractivity contribution in [3.8, 4) is 6.07 Å². The molecule has 6 heteroatoms. The normalized spacial score (nSPS) is 19.6. The zero-order chi connectivity index (χ0) is 13.3. The first-order valence-corrected chi connectivity index (χ1v) is 5.96. The molecular weight excluding hydrogens is 232 g/mol. The Kier molecular flexibility index (Phi) is 3.24. The fourth-order valence-corrected chi connectivity index (χ4v) is 2.51. The van der Waals surface area contributed by atoms with Crippen LogP contribution in [0.25, 0.3) is 0 Å². The minimum absolute atomic E-state index is 0.361. The van der Waals surface area contributed by atoms with E-state index in [-0.39, 0.29) is 5.92 Å². The number of aliphatic carboxylic acids is 1. The van der Waals surface area contributed by atoms with Gasteiger partial charge in [-0.2, -0.15) is 10.4 Å². The third kappa shape index (κ3) is 2.04. The van der Waals surface area contributed by atoms with Crippen LogP contribution >= 0.6 is 0 Å². The molecule has 0 spiro atoms. The number of piperidine rings is 1. The summed E-state index contributed by atoms with van der Waals surface area (Å²) in [7, 11) is 1.79. The van der Waals surface area contributed by atoms with E-state index in [0.717, 1.165) is 18.8 Å². The molecule has 1 unspecified atom stereocenters. The van der Waals surface area contributed by atoms with Gasteiger partial charge < -0.3 is 10.0 Å². The first kappa shape index (κ1) is 12.4. The highest BCUT2D eigenvalue weighted by Gasteiger charge is 2.29. The van der Waals surface area contributed by atoms with E-state index in [0.29, 0.717) is 24.2 Å². The average molecular weight is 248 g/mol. The van der Waals surface area contributed by atoms with E-state index < -0.39 is 5.97 Å². The van der Waals surface area contributed by atoms with Crippen molar-refractivity contribution < 1.29 is 9.90 Å². The standard InChI is InChI=1S/C12H16N4O2/c1-8-10(6-13)11(15(2)14-8)16-5-3-4-9(7-16)12(17)18/h9H,3-5,7H2,1-2H3,(H,17,18). The zero-order valence-electron chi connectivity index (χ0n) is 10.6. The lowest BCUT2D eigenvalue weighted by Crippen LogP contribution is -2.40. The van der Waals surface area contributed by atoms with Crippen LogP contribution in [0.3, 0.4) is 0 Å². The predicted molar refractivity (Wildman–Crippen MR) is 65.2 cm³/mol. The number of carboxylic acids is 1. The van der Waals surface area contributed by atoms with Crippen molar-refractivity contribution in [2.45, 2.75) is 19.8 Å². The third-order valence-corrected chi connectivity index (χ3v) is 3.37. The highest BCUT2D eigenvalue weighted by molar-refractivity contribution is 5.71. The number of aryl methyl sites for hydroxylation is 2. The highest BCUT2D eigenvalue weighted by Crippen LogP contribution is 2.27. The second kappa shape index (κ2) is 4.69. The van der Waals surface area contributed by atoms with Gasteiger partial charge in [-0.1, -0.05) is 0 Å². The van der Waals surface area contributed by atoms with Crippen LogP contribution in [-0.4, -0.2) is 33.9 Å². The Morgan fingerprint density at radius 1 is 1.61 bits per heavy atom. The Morgan fingerprint density at radius 3 is 2.94 bits per heavy atom. The summed E-state index contributed by atoms with van der Waals surface area (Å²) in [6.07, 6.45) is 1.52. The minimum atomic E-state index is -0.767. The van der Waals surface area contributed by atoms with Crippen LogP contribution in [-0.2, 0) is 11.8 Å². The molecule has 1 aromatic rings. The smallest absolute Gasteiger partial charge is 0.308 e. The molecule has 0 bridgehead atoms. The van der Waals surface area contributed by atoms with Crippen LogP contribution < -0.4 is 4.90 Å². The van der Waals surface area contributed by atoms with Gasteiger partial charge in [0.25, 0.3) is 0 Å². The molecule has 1 atom stereocenters. The summed E-state index contributed by atoms with van der Waals surface area (Å²) >= 11 is 0. The first-order chi connectivity index (χ1) is 8.54. The van der Waals surface area contributed by atoms with E-state index in [4.69, 9.17) is 5.11 Å². The maximum atomic E-state index is 11.1. The lowest BCUT2D eigenvalue weighted by Gasteiger charge is -2.32. The van der Waals surface area contributed by atoms with Crippen LogP contribution in [0.5, 0.6) is 0 Å². The molecule has 1 aliphatic heterocycles. The van der Waals surface area contributed by atoms with E-state index in [2.05, 4.69) is 11.2 Å². The van der Waals surface area contributed by atoms with Gasteiger partial charge in [-0.3, -0.25) is 9.48 Å². The summed E-state index contributed by atoms with van der Waals surface area (Å²) in [5.41, 5.74) is 1.23. The maximum Gasteiger partial charge on any atom is 0.308 e.